The molecule has 0 spiro atoms. The normalized spacial score (nSPS) is 12.1. The molecule has 4 nitrogen and oxygen atoms in total. The van der Waals surface area contributed by atoms with E-state index in [-0.39, 0.29) is 11.2 Å². The standard InChI is InChI=1S/C24H22ClN3OS2/c1-3-15-5-11-18(12-6-15)28-22(29)20(4-2)31-24-21-19(13-30-23(21)26-14-27-24)16-7-9-17(25)10-8-16/h5-14,20H,3-4H2,1-2H3,(H,28,29). The monoisotopic (exact) mass is 467 g/mol. The number of carbonyl (C=O) groups excluding carboxylic acids is 1. The van der Waals surface area contributed by atoms with Gasteiger partial charge in [0.1, 0.15) is 16.2 Å². The highest BCUT2D eigenvalue weighted by atomic mass is 35.5. The Bertz CT molecular complexity index is 1190. The number of benzene rings is 2. The Labute approximate surface area is 195 Å². The van der Waals surface area contributed by atoms with Gasteiger partial charge in [-0.3, -0.25) is 4.79 Å². The van der Waals surface area contributed by atoms with E-state index in [2.05, 4.69) is 27.6 Å². The van der Waals surface area contributed by atoms with Crippen LogP contribution in [0.1, 0.15) is 25.8 Å². The van der Waals surface area contributed by atoms with E-state index >= 15 is 0 Å². The van der Waals surface area contributed by atoms with Gasteiger partial charge in [-0.25, -0.2) is 9.97 Å². The van der Waals surface area contributed by atoms with Crippen LogP contribution in [-0.2, 0) is 11.2 Å². The van der Waals surface area contributed by atoms with Gasteiger partial charge >= 0.3 is 0 Å². The van der Waals surface area contributed by atoms with Gasteiger partial charge in [0, 0.05) is 21.7 Å². The number of amides is 1. The number of halogens is 1. The van der Waals surface area contributed by atoms with Crippen molar-refractivity contribution in [3.05, 3.63) is 70.8 Å². The molecular formula is C24H22ClN3OS2. The second-order valence-corrected chi connectivity index (χ2v) is 9.56. The van der Waals surface area contributed by atoms with Crippen LogP contribution in [-0.4, -0.2) is 21.1 Å². The molecule has 0 radical (unpaired) electrons. The van der Waals surface area contributed by atoms with Gasteiger partial charge in [0.15, 0.2) is 0 Å². The van der Waals surface area contributed by atoms with Crippen LogP contribution in [0, 0.1) is 0 Å². The van der Waals surface area contributed by atoms with Crippen molar-refractivity contribution in [1.82, 2.24) is 9.97 Å². The van der Waals surface area contributed by atoms with Crippen LogP contribution < -0.4 is 5.32 Å². The number of carbonyl (C=O) groups is 1. The van der Waals surface area contributed by atoms with Crippen molar-refractivity contribution in [2.45, 2.75) is 37.0 Å². The lowest BCUT2D eigenvalue weighted by Gasteiger charge is -2.15. The summed E-state index contributed by atoms with van der Waals surface area (Å²) in [4.78, 5) is 22.9. The number of aromatic nitrogens is 2. The van der Waals surface area contributed by atoms with Gasteiger partial charge in [0.25, 0.3) is 0 Å². The molecule has 2 aromatic carbocycles. The minimum Gasteiger partial charge on any atom is -0.325 e. The van der Waals surface area contributed by atoms with Gasteiger partial charge in [-0.2, -0.15) is 0 Å². The number of hydrogen-bond donors (Lipinski definition) is 1. The molecule has 158 valence electrons. The number of thiophene rings is 1. The Kier molecular flexibility index (Phi) is 6.90. The van der Waals surface area contributed by atoms with Crippen LogP contribution in [0.15, 0.2) is 65.3 Å². The Morgan fingerprint density at radius 2 is 1.84 bits per heavy atom. The number of fused-ring (bicyclic) bond motifs is 1. The van der Waals surface area contributed by atoms with E-state index < -0.39 is 0 Å². The molecule has 0 aliphatic carbocycles. The minimum atomic E-state index is -0.262. The molecule has 31 heavy (non-hydrogen) atoms. The molecule has 1 unspecified atom stereocenters. The highest BCUT2D eigenvalue weighted by Gasteiger charge is 2.22. The van der Waals surface area contributed by atoms with Crippen molar-refractivity contribution in [2.24, 2.45) is 0 Å². The highest BCUT2D eigenvalue weighted by molar-refractivity contribution is 8.00. The number of anilines is 1. The summed E-state index contributed by atoms with van der Waals surface area (Å²) >= 11 is 9.12. The molecule has 2 heterocycles. The Morgan fingerprint density at radius 3 is 2.52 bits per heavy atom. The van der Waals surface area contributed by atoms with Crippen molar-refractivity contribution < 1.29 is 4.79 Å². The second-order valence-electron chi connectivity index (χ2n) is 7.07. The molecule has 4 rings (SSSR count). The molecule has 4 aromatic rings. The number of rotatable bonds is 7. The van der Waals surface area contributed by atoms with Gasteiger partial charge in [-0.1, -0.05) is 61.5 Å². The zero-order chi connectivity index (χ0) is 21.8. The number of hydrogen-bond acceptors (Lipinski definition) is 5. The Balaban J connectivity index is 1.60. The predicted molar refractivity (Wildman–Crippen MR) is 132 cm³/mol. The predicted octanol–water partition coefficient (Wildman–Crippen LogP) is 7.08. The molecule has 1 amide bonds. The molecular weight excluding hydrogens is 446 g/mol. The van der Waals surface area contributed by atoms with Crippen LogP contribution in [0.5, 0.6) is 0 Å². The van der Waals surface area contributed by atoms with E-state index in [1.54, 1.807) is 17.7 Å². The number of nitrogens with zero attached hydrogens (tertiary/aromatic N) is 2. The summed E-state index contributed by atoms with van der Waals surface area (Å²) in [6.45, 7) is 4.13. The molecule has 0 aliphatic rings. The maximum Gasteiger partial charge on any atom is 0.237 e. The summed E-state index contributed by atoms with van der Waals surface area (Å²) in [7, 11) is 0. The highest BCUT2D eigenvalue weighted by Crippen LogP contribution is 2.39. The summed E-state index contributed by atoms with van der Waals surface area (Å²) in [5.41, 5.74) is 4.17. The minimum absolute atomic E-state index is 0.0215. The maximum absolute atomic E-state index is 13.0. The molecule has 2 aromatic heterocycles. The van der Waals surface area contributed by atoms with Crippen LogP contribution in [0.25, 0.3) is 21.3 Å². The smallest absolute Gasteiger partial charge is 0.237 e. The summed E-state index contributed by atoms with van der Waals surface area (Å²) < 4.78 is 0. The van der Waals surface area contributed by atoms with Crippen molar-refractivity contribution in [3.8, 4) is 11.1 Å². The van der Waals surface area contributed by atoms with E-state index in [9.17, 15) is 4.79 Å². The SMILES string of the molecule is CCc1ccc(NC(=O)C(CC)Sc2ncnc3scc(-c4ccc(Cl)cc4)c23)cc1. The quantitative estimate of drug-likeness (QED) is 0.233. The fourth-order valence-electron chi connectivity index (χ4n) is 3.28. The van der Waals surface area contributed by atoms with Gasteiger partial charge in [-0.05, 0) is 48.2 Å². The summed E-state index contributed by atoms with van der Waals surface area (Å²) in [6, 6.07) is 15.7. The third-order valence-electron chi connectivity index (χ3n) is 5.04. The lowest BCUT2D eigenvalue weighted by atomic mass is 10.1. The molecule has 0 saturated carbocycles. The topological polar surface area (TPSA) is 54.9 Å². The average Bonchev–Trinajstić information content (AvgIpc) is 3.23. The van der Waals surface area contributed by atoms with Crippen LogP contribution in [0.3, 0.4) is 0 Å². The van der Waals surface area contributed by atoms with Gasteiger partial charge in [-0.15, -0.1) is 11.3 Å². The van der Waals surface area contributed by atoms with Gasteiger partial charge in [0.2, 0.25) is 5.91 Å². The molecule has 0 aliphatic heterocycles. The van der Waals surface area contributed by atoms with Crippen molar-refractivity contribution >= 4 is 56.5 Å². The van der Waals surface area contributed by atoms with E-state index in [1.807, 2.05) is 55.5 Å². The fraction of sp³-hybridized carbons (Fsp3) is 0.208. The first-order chi connectivity index (χ1) is 15.1. The zero-order valence-corrected chi connectivity index (χ0v) is 19.7. The molecule has 0 fully saturated rings. The molecule has 0 saturated heterocycles. The third-order valence-corrected chi connectivity index (χ3v) is 7.54. The lowest BCUT2D eigenvalue weighted by molar-refractivity contribution is -0.115. The molecule has 1 N–H and O–H groups in total. The Hall–Kier alpha value is -2.41. The Morgan fingerprint density at radius 1 is 1.10 bits per heavy atom. The van der Waals surface area contributed by atoms with E-state index in [4.69, 9.17) is 11.6 Å². The summed E-state index contributed by atoms with van der Waals surface area (Å²) in [5, 5.41) is 7.37. The van der Waals surface area contributed by atoms with Crippen molar-refractivity contribution in [2.75, 3.05) is 5.32 Å². The molecule has 0 bridgehead atoms. The number of nitrogens with one attached hydrogen (secondary N) is 1. The van der Waals surface area contributed by atoms with Gasteiger partial charge < -0.3 is 5.32 Å². The van der Waals surface area contributed by atoms with E-state index in [0.717, 1.165) is 38.5 Å². The van der Waals surface area contributed by atoms with Gasteiger partial charge in [0.05, 0.1) is 10.6 Å². The van der Waals surface area contributed by atoms with Crippen LogP contribution in [0.4, 0.5) is 5.69 Å². The number of thioether (sulfide) groups is 1. The first kappa shape index (κ1) is 21.8. The summed E-state index contributed by atoms with van der Waals surface area (Å²) in [5.74, 6) is -0.0215. The lowest BCUT2D eigenvalue weighted by Crippen LogP contribution is -2.24. The fourth-order valence-corrected chi connectivity index (χ4v) is 5.42. The van der Waals surface area contributed by atoms with E-state index in [1.165, 1.54) is 17.3 Å². The van der Waals surface area contributed by atoms with Crippen LogP contribution >= 0.6 is 34.7 Å². The molecule has 1 atom stereocenters. The van der Waals surface area contributed by atoms with Crippen LogP contribution in [0.2, 0.25) is 5.02 Å². The first-order valence-electron chi connectivity index (χ1n) is 10.1. The van der Waals surface area contributed by atoms with Crippen molar-refractivity contribution in [1.29, 1.82) is 0 Å². The number of aryl methyl sites for hydroxylation is 1. The second kappa shape index (κ2) is 9.81. The third kappa shape index (κ3) is 4.92. The zero-order valence-electron chi connectivity index (χ0n) is 17.3. The van der Waals surface area contributed by atoms with Crippen molar-refractivity contribution in [3.63, 3.8) is 0 Å². The van der Waals surface area contributed by atoms with E-state index in [0.29, 0.717) is 11.4 Å². The molecule has 7 heteroatoms. The average molecular weight is 468 g/mol. The maximum atomic E-state index is 13.0. The largest absolute Gasteiger partial charge is 0.325 e. The first-order valence-corrected chi connectivity index (χ1v) is 12.3. The summed E-state index contributed by atoms with van der Waals surface area (Å²) in [6.07, 6.45) is 3.23.